The summed E-state index contributed by atoms with van der Waals surface area (Å²) >= 11 is 1.77. The van der Waals surface area contributed by atoms with Crippen LogP contribution in [0.1, 0.15) is 12.0 Å². The molecule has 3 heteroatoms. The molecule has 0 radical (unpaired) electrons. The van der Waals surface area contributed by atoms with Gasteiger partial charge in [-0.05, 0) is 23.8 Å². The van der Waals surface area contributed by atoms with E-state index in [1.165, 1.54) is 12.1 Å². The number of hydrogen-bond acceptors (Lipinski definition) is 2. The van der Waals surface area contributed by atoms with E-state index in [2.05, 4.69) is 0 Å². The van der Waals surface area contributed by atoms with Crippen LogP contribution >= 0.6 is 11.8 Å². The summed E-state index contributed by atoms with van der Waals surface area (Å²) in [6, 6.07) is 6.20. The van der Waals surface area contributed by atoms with Crippen molar-refractivity contribution in [3.63, 3.8) is 0 Å². The second-order valence-corrected chi connectivity index (χ2v) is 4.55. The van der Waals surface area contributed by atoms with Crippen molar-refractivity contribution in [2.24, 2.45) is 0 Å². The van der Waals surface area contributed by atoms with E-state index >= 15 is 0 Å². The molecule has 0 aromatic heterocycles. The highest BCUT2D eigenvalue weighted by Gasteiger charge is 2.14. The van der Waals surface area contributed by atoms with Crippen LogP contribution in [0.2, 0.25) is 0 Å². The summed E-state index contributed by atoms with van der Waals surface area (Å²) in [5.41, 5.74) is 1.74. The van der Waals surface area contributed by atoms with Crippen LogP contribution in [0.15, 0.2) is 29.8 Å². The summed E-state index contributed by atoms with van der Waals surface area (Å²) in [7, 11) is 0. The molecule has 0 bridgehead atoms. The molecule has 1 aliphatic rings. The summed E-state index contributed by atoms with van der Waals surface area (Å²) in [5.74, 6) is 1.66. The normalized spacial score (nSPS) is 19.5. The van der Waals surface area contributed by atoms with Crippen molar-refractivity contribution in [3.8, 4) is 0 Å². The standard InChI is InChI=1S/C12H11FOS/c13-11-3-1-9(2-4-11)7-10-8-15-6-5-12(10)14/h1-4,7H,5-6,8H2. The molecule has 15 heavy (non-hydrogen) atoms. The number of halogens is 1. The van der Waals surface area contributed by atoms with Crippen molar-refractivity contribution in [2.75, 3.05) is 11.5 Å². The van der Waals surface area contributed by atoms with Crippen LogP contribution in [0.3, 0.4) is 0 Å². The van der Waals surface area contributed by atoms with E-state index < -0.39 is 0 Å². The van der Waals surface area contributed by atoms with Crippen LogP contribution in [0.5, 0.6) is 0 Å². The first kappa shape index (κ1) is 10.4. The third kappa shape index (κ3) is 2.69. The van der Waals surface area contributed by atoms with E-state index in [0.717, 1.165) is 22.6 Å². The minimum Gasteiger partial charge on any atom is -0.294 e. The molecule has 1 aromatic rings. The minimum absolute atomic E-state index is 0.220. The van der Waals surface area contributed by atoms with Crippen LogP contribution in [0, 0.1) is 5.82 Å². The third-order valence-corrected chi connectivity index (χ3v) is 3.31. The molecule has 0 spiro atoms. The summed E-state index contributed by atoms with van der Waals surface area (Å²) in [5, 5.41) is 0. The molecule has 0 atom stereocenters. The number of ketones is 1. The number of carbonyl (C=O) groups is 1. The molecule has 1 saturated heterocycles. The summed E-state index contributed by atoms with van der Waals surface area (Å²) in [6.07, 6.45) is 2.48. The topological polar surface area (TPSA) is 17.1 Å². The molecule has 0 aliphatic carbocycles. The number of carbonyl (C=O) groups excluding carboxylic acids is 1. The van der Waals surface area contributed by atoms with E-state index in [1.54, 1.807) is 23.9 Å². The van der Waals surface area contributed by atoms with Gasteiger partial charge in [0, 0.05) is 23.5 Å². The first-order valence-corrected chi connectivity index (χ1v) is 5.98. The van der Waals surface area contributed by atoms with E-state index in [9.17, 15) is 9.18 Å². The number of benzene rings is 1. The molecule has 2 rings (SSSR count). The molecule has 1 aliphatic heterocycles. The van der Waals surface area contributed by atoms with E-state index in [-0.39, 0.29) is 11.6 Å². The predicted molar refractivity (Wildman–Crippen MR) is 61.3 cm³/mol. The van der Waals surface area contributed by atoms with Gasteiger partial charge in [-0.25, -0.2) is 4.39 Å². The Bertz CT molecular complexity index is 395. The van der Waals surface area contributed by atoms with Crippen LogP contribution in [0.4, 0.5) is 4.39 Å². The molecule has 0 saturated carbocycles. The van der Waals surface area contributed by atoms with Crippen LogP contribution < -0.4 is 0 Å². The smallest absolute Gasteiger partial charge is 0.160 e. The van der Waals surface area contributed by atoms with Gasteiger partial charge in [0.1, 0.15) is 5.82 Å². The molecule has 1 aromatic carbocycles. The Labute approximate surface area is 92.4 Å². The highest BCUT2D eigenvalue weighted by molar-refractivity contribution is 7.99. The van der Waals surface area contributed by atoms with Crippen molar-refractivity contribution in [2.45, 2.75) is 6.42 Å². The average molecular weight is 222 g/mol. The molecule has 0 amide bonds. The van der Waals surface area contributed by atoms with Gasteiger partial charge >= 0.3 is 0 Å². The zero-order chi connectivity index (χ0) is 10.7. The third-order valence-electron chi connectivity index (χ3n) is 2.30. The van der Waals surface area contributed by atoms with Gasteiger partial charge in [-0.2, -0.15) is 11.8 Å². The summed E-state index contributed by atoms with van der Waals surface area (Å²) in [4.78, 5) is 11.5. The van der Waals surface area contributed by atoms with Gasteiger partial charge in [-0.1, -0.05) is 12.1 Å². The first-order chi connectivity index (χ1) is 7.25. The fourth-order valence-electron chi connectivity index (χ4n) is 1.47. The lowest BCUT2D eigenvalue weighted by Crippen LogP contribution is -2.11. The largest absolute Gasteiger partial charge is 0.294 e. The molecule has 1 fully saturated rings. The minimum atomic E-state index is -0.249. The summed E-state index contributed by atoms with van der Waals surface area (Å²) < 4.78 is 12.7. The number of rotatable bonds is 1. The van der Waals surface area contributed by atoms with Crippen molar-refractivity contribution in [1.29, 1.82) is 0 Å². The highest BCUT2D eigenvalue weighted by atomic mass is 32.2. The lowest BCUT2D eigenvalue weighted by Gasteiger charge is -2.11. The van der Waals surface area contributed by atoms with Crippen molar-refractivity contribution in [1.82, 2.24) is 0 Å². The van der Waals surface area contributed by atoms with E-state index in [1.807, 2.05) is 6.08 Å². The Morgan fingerprint density at radius 2 is 2.00 bits per heavy atom. The highest BCUT2D eigenvalue weighted by Crippen LogP contribution is 2.21. The van der Waals surface area contributed by atoms with Gasteiger partial charge in [-0.15, -0.1) is 0 Å². The molecule has 1 heterocycles. The fourth-order valence-corrected chi connectivity index (χ4v) is 2.41. The quantitative estimate of drug-likeness (QED) is 0.680. The molecule has 0 N–H and O–H groups in total. The molecule has 1 nitrogen and oxygen atoms in total. The Kier molecular flexibility index (Phi) is 3.21. The van der Waals surface area contributed by atoms with Crippen LogP contribution in [0.25, 0.3) is 6.08 Å². The van der Waals surface area contributed by atoms with Gasteiger partial charge in [-0.3, -0.25) is 4.79 Å². The predicted octanol–water partition coefficient (Wildman–Crippen LogP) is 2.92. The molecule has 0 unspecified atom stereocenters. The maximum Gasteiger partial charge on any atom is 0.160 e. The average Bonchev–Trinajstić information content (AvgIpc) is 2.25. The second-order valence-electron chi connectivity index (χ2n) is 3.45. The molecular weight excluding hydrogens is 211 g/mol. The Hall–Kier alpha value is -1.09. The van der Waals surface area contributed by atoms with E-state index in [4.69, 9.17) is 0 Å². The zero-order valence-electron chi connectivity index (χ0n) is 8.20. The lowest BCUT2D eigenvalue weighted by molar-refractivity contribution is -0.115. The first-order valence-electron chi connectivity index (χ1n) is 4.83. The van der Waals surface area contributed by atoms with Gasteiger partial charge in [0.25, 0.3) is 0 Å². The summed E-state index contributed by atoms with van der Waals surface area (Å²) in [6.45, 7) is 0. The number of thioether (sulfide) groups is 1. The van der Waals surface area contributed by atoms with Gasteiger partial charge in [0.2, 0.25) is 0 Å². The molecule has 78 valence electrons. The van der Waals surface area contributed by atoms with Crippen molar-refractivity contribution >= 4 is 23.6 Å². The lowest BCUT2D eigenvalue weighted by atomic mass is 10.1. The SMILES string of the molecule is O=C1CCSCC1=Cc1ccc(F)cc1. The van der Waals surface area contributed by atoms with Crippen molar-refractivity contribution in [3.05, 3.63) is 41.2 Å². The molecular formula is C12H11FOS. The maximum atomic E-state index is 12.7. The Balaban J connectivity index is 2.21. The van der Waals surface area contributed by atoms with Crippen LogP contribution in [-0.2, 0) is 4.79 Å². The van der Waals surface area contributed by atoms with Gasteiger partial charge in [0.05, 0.1) is 0 Å². The fraction of sp³-hybridized carbons (Fsp3) is 0.250. The van der Waals surface area contributed by atoms with Crippen molar-refractivity contribution < 1.29 is 9.18 Å². The van der Waals surface area contributed by atoms with Gasteiger partial charge < -0.3 is 0 Å². The number of Topliss-reactive ketones (excluding diaryl/α,β-unsaturated/α-hetero) is 1. The Morgan fingerprint density at radius 1 is 1.27 bits per heavy atom. The Morgan fingerprint density at radius 3 is 2.67 bits per heavy atom. The zero-order valence-corrected chi connectivity index (χ0v) is 9.02. The maximum absolute atomic E-state index is 12.7. The second kappa shape index (κ2) is 4.62. The monoisotopic (exact) mass is 222 g/mol. The number of hydrogen-bond donors (Lipinski definition) is 0. The van der Waals surface area contributed by atoms with Gasteiger partial charge in [0.15, 0.2) is 5.78 Å². The van der Waals surface area contributed by atoms with E-state index in [0.29, 0.717) is 6.42 Å². The van der Waals surface area contributed by atoms with Crippen LogP contribution in [-0.4, -0.2) is 17.3 Å².